The number of nitrogens with one attached hydrogen (secondary N) is 2. The Balaban J connectivity index is 2.80. The molecule has 5 nitrogen and oxygen atoms in total. The third-order valence-electron chi connectivity index (χ3n) is 1.81. The molecule has 3 N–H and O–H groups in total. The second-order valence-corrected chi connectivity index (χ2v) is 3.59. The van der Waals surface area contributed by atoms with E-state index in [1.54, 1.807) is 0 Å². The zero-order chi connectivity index (χ0) is 12.8. The molecule has 0 saturated carbocycles. The first-order valence-electron chi connectivity index (χ1n) is 4.72. The van der Waals surface area contributed by atoms with Crippen molar-refractivity contribution in [2.45, 2.75) is 0 Å². The highest BCUT2D eigenvalue weighted by molar-refractivity contribution is 6.31. The normalized spacial score (nSPS) is 9.47. The lowest BCUT2D eigenvalue weighted by Crippen LogP contribution is -2.28. The lowest BCUT2D eigenvalue weighted by atomic mass is 10.2. The van der Waals surface area contributed by atoms with Gasteiger partial charge in [-0.05, 0) is 18.2 Å². The summed E-state index contributed by atoms with van der Waals surface area (Å²) in [5.41, 5.74) is 0.327. The number of carboxylic acid groups (broad SMARTS) is 1. The fourth-order valence-corrected chi connectivity index (χ4v) is 1.36. The average Bonchev–Trinajstić information content (AvgIpc) is 2.25. The van der Waals surface area contributed by atoms with Crippen LogP contribution in [0.5, 0.6) is 0 Å². The number of rotatable bonds is 4. The van der Waals surface area contributed by atoms with Gasteiger partial charge in [-0.25, -0.2) is 9.59 Å². The van der Waals surface area contributed by atoms with Crippen LogP contribution in [0.3, 0.4) is 0 Å². The van der Waals surface area contributed by atoms with Crippen molar-refractivity contribution in [1.82, 2.24) is 5.32 Å². The first-order chi connectivity index (χ1) is 8.02. The van der Waals surface area contributed by atoms with E-state index in [1.165, 1.54) is 24.3 Å². The molecule has 0 heterocycles. The highest BCUT2D eigenvalue weighted by atomic mass is 35.5. The number of benzene rings is 1. The topological polar surface area (TPSA) is 78.4 Å². The molecule has 1 aromatic carbocycles. The second-order valence-electron chi connectivity index (χ2n) is 3.16. The largest absolute Gasteiger partial charge is 0.478 e. The van der Waals surface area contributed by atoms with E-state index < -0.39 is 12.0 Å². The van der Waals surface area contributed by atoms with Crippen molar-refractivity contribution in [3.05, 3.63) is 41.4 Å². The van der Waals surface area contributed by atoms with Crippen LogP contribution in [-0.4, -0.2) is 23.7 Å². The molecule has 6 heteroatoms. The maximum Gasteiger partial charge on any atom is 0.335 e. The van der Waals surface area contributed by atoms with Gasteiger partial charge in [0.1, 0.15) is 0 Å². The highest BCUT2D eigenvalue weighted by Crippen LogP contribution is 2.19. The van der Waals surface area contributed by atoms with Crippen LogP contribution in [0, 0.1) is 0 Å². The van der Waals surface area contributed by atoms with E-state index in [0.717, 1.165) is 0 Å². The summed E-state index contributed by atoms with van der Waals surface area (Å²) < 4.78 is 0. The molecule has 0 spiro atoms. The molecule has 17 heavy (non-hydrogen) atoms. The molecule has 1 rings (SSSR count). The number of carbonyl (C=O) groups excluding carboxylic acids is 1. The molecular formula is C11H11ClN2O3. The van der Waals surface area contributed by atoms with Gasteiger partial charge in [-0.1, -0.05) is 17.7 Å². The van der Waals surface area contributed by atoms with Crippen molar-refractivity contribution < 1.29 is 14.7 Å². The number of hydrogen-bond acceptors (Lipinski definition) is 2. The van der Waals surface area contributed by atoms with Crippen molar-refractivity contribution in [1.29, 1.82) is 0 Å². The SMILES string of the molecule is C=CCNC(=O)Nc1cc(Cl)cc(C(=O)O)c1. The Morgan fingerprint density at radius 2 is 2.12 bits per heavy atom. The fourth-order valence-electron chi connectivity index (χ4n) is 1.13. The van der Waals surface area contributed by atoms with Crippen molar-refractivity contribution in [2.75, 3.05) is 11.9 Å². The summed E-state index contributed by atoms with van der Waals surface area (Å²) >= 11 is 5.73. The molecule has 0 saturated heterocycles. The standard InChI is InChI=1S/C11H11ClN2O3/c1-2-3-13-11(17)14-9-5-7(10(15)16)4-8(12)6-9/h2,4-6H,1,3H2,(H,15,16)(H2,13,14,17). The number of urea groups is 1. The number of hydrogen-bond donors (Lipinski definition) is 3. The van der Waals surface area contributed by atoms with E-state index in [-0.39, 0.29) is 10.6 Å². The Hall–Kier alpha value is -2.01. The van der Waals surface area contributed by atoms with Crippen molar-refractivity contribution in [2.24, 2.45) is 0 Å². The molecule has 0 aliphatic heterocycles. The van der Waals surface area contributed by atoms with Crippen LogP contribution < -0.4 is 10.6 Å². The number of carbonyl (C=O) groups is 2. The van der Waals surface area contributed by atoms with Gasteiger partial charge in [0.2, 0.25) is 0 Å². The third kappa shape index (κ3) is 4.16. The summed E-state index contributed by atoms with van der Waals surface area (Å²) in [5, 5.41) is 14.0. The van der Waals surface area contributed by atoms with Crippen LogP contribution in [0.4, 0.5) is 10.5 Å². The summed E-state index contributed by atoms with van der Waals surface area (Å²) in [6, 6.07) is 3.63. The third-order valence-corrected chi connectivity index (χ3v) is 2.03. The molecule has 0 aliphatic carbocycles. The van der Waals surface area contributed by atoms with Gasteiger partial charge >= 0.3 is 12.0 Å². The molecule has 0 radical (unpaired) electrons. The predicted molar refractivity (Wildman–Crippen MR) is 65.6 cm³/mol. The van der Waals surface area contributed by atoms with Gasteiger partial charge in [0, 0.05) is 17.3 Å². The van der Waals surface area contributed by atoms with Crippen molar-refractivity contribution in [3.8, 4) is 0 Å². The Morgan fingerprint density at radius 1 is 1.41 bits per heavy atom. The lowest BCUT2D eigenvalue weighted by molar-refractivity contribution is 0.0697. The van der Waals surface area contributed by atoms with Crippen LogP contribution in [0.15, 0.2) is 30.9 Å². The summed E-state index contributed by atoms with van der Waals surface area (Å²) in [6.45, 7) is 3.77. The maximum atomic E-state index is 11.3. The smallest absolute Gasteiger partial charge is 0.335 e. The number of carboxylic acids is 1. The number of amides is 2. The number of aromatic carboxylic acids is 1. The Bertz CT molecular complexity index is 460. The highest BCUT2D eigenvalue weighted by Gasteiger charge is 2.07. The number of anilines is 1. The summed E-state index contributed by atoms with van der Waals surface area (Å²) in [7, 11) is 0. The van der Waals surface area contributed by atoms with Gasteiger partial charge < -0.3 is 15.7 Å². The lowest BCUT2D eigenvalue weighted by Gasteiger charge is -2.07. The minimum atomic E-state index is -1.11. The minimum absolute atomic E-state index is 0.0107. The van der Waals surface area contributed by atoms with Crippen LogP contribution >= 0.6 is 11.6 Å². The van der Waals surface area contributed by atoms with Gasteiger partial charge in [-0.3, -0.25) is 0 Å². The monoisotopic (exact) mass is 254 g/mol. The maximum absolute atomic E-state index is 11.3. The second kappa shape index (κ2) is 5.91. The summed E-state index contributed by atoms with van der Waals surface area (Å²) in [6.07, 6.45) is 1.53. The molecule has 0 aromatic heterocycles. The zero-order valence-corrected chi connectivity index (χ0v) is 9.62. The van der Waals surface area contributed by atoms with E-state index in [0.29, 0.717) is 12.2 Å². The summed E-state index contributed by atoms with van der Waals surface area (Å²) in [4.78, 5) is 22.1. The van der Waals surface area contributed by atoms with Gasteiger partial charge in [0.25, 0.3) is 0 Å². The van der Waals surface area contributed by atoms with Gasteiger partial charge in [-0.2, -0.15) is 0 Å². The van der Waals surface area contributed by atoms with E-state index in [4.69, 9.17) is 16.7 Å². The van der Waals surface area contributed by atoms with Crippen LogP contribution in [0.1, 0.15) is 10.4 Å². The van der Waals surface area contributed by atoms with Crippen LogP contribution in [0.2, 0.25) is 5.02 Å². The molecule has 1 aromatic rings. The molecule has 0 bridgehead atoms. The molecule has 0 aliphatic rings. The summed E-state index contributed by atoms with van der Waals surface area (Å²) in [5.74, 6) is -1.11. The molecule has 0 atom stereocenters. The van der Waals surface area contributed by atoms with Gasteiger partial charge in [0.15, 0.2) is 0 Å². The fraction of sp³-hybridized carbons (Fsp3) is 0.0909. The van der Waals surface area contributed by atoms with E-state index in [9.17, 15) is 9.59 Å². The molecule has 0 unspecified atom stereocenters. The van der Waals surface area contributed by atoms with Gasteiger partial charge in [0.05, 0.1) is 5.56 Å². The quantitative estimate of drug-likeness (QED) is 0.722. The van der Waals surface area contributed by atoms with E-state index in [2.05, 4.69) is 17.2 Å². The average molecular weight is 255 g/mol. The van der Waals surface area contributed by atoms with E-state index in [1.807, 2.05) is 0 Å². The van der Waals surface area contributed by atoms with Crippen LogP contribution in [-0.2, 0) is 0 Å². The Kier molecular flexibility index (Phi) is 4.54. The van der Waals surface area contributed by atoms with E-state index >= 15 is 0 Å². The molecule has 0 fully saturated rings. The first kappa shape index (κ1) is 13.1. The van der Waals surface area contributed by atoms with Crippen LogP contribution in [0.25, 0.3) is 0 Å². The van der Waals surface area contributed by atoms with Crippen molar-refractivity contribution >= 4 is 29.3 Å². The number of halogens is 1. The molecule has 2 amide bonds. The molecule has 90 valence electrons. The Morgan fingerprint density at radius 3 is 2.71 bits per heavy atom. The van der Waals surface area contributed by atoms with Crippen molar-refractivity contribution in [3.63, 3.8) is 0 Å². The zero-order valence-electron chi connectivity index (χ0n) is 8.87. The molecular weight excluding hydrogens is 244 g/mol. The predicted octanol–water partition coefficient (Wildman–Crippen LogP) is 2.35. The minimum Gasteiger partial charge on any atom is -0.478 e. The first-order valence-corrected chi connectivity index (χ1v) is 5.10. The van der Waals surface area contributed by atoms with Gasteiger partial charge in [-0.15, -0.1) is 6.58 Å². The Labute approximate surface area is 103 Å².